The molecule has 5 heteroatoms. The summed E-state index contributed by atoms with van der Waals surface area (Å²) in [6.07, 6.45) is 0.713. The lowest BCUT2D eigenvalue weighted by Gasteiger charge is -2.14. The van der Waals surface area contributed by atoms with Crippen LogP contribution in [0.5, 0.6) is 0 Å². The smallest absolute Gasteiger partial charge is 0.315 e. The molecule has 0 saturated heterocycles. The molecule has 0 aliphatic heterocycles. The quantitative estimate of drug-likeness (QED) is 0.507. The first kappa shape index (κ1) is 11.9. The molecule has 0 spiro atoms. The summed E-state index contributed by atoms with van der Waals surface area (Å²) in [4.78, 5) is 21.3. The zero-order valence-electron chi connectivity index (χ0n) is 8.26. The van der Waals surface area contributed by atoms with Crippen LogP contribution in [0.25, 0.3) is 0 Å². The predicted molar refractivity (Wildman–Crippen MR) is 50.6 cm³/mol. The van der Waals surface area contributed by atoms with Gasteiger partial charge >= 0.3 is 6.03 Å². The fraction of sp³-hybridized carbons (Fsp3) is 0.750. The lowest BCUT2D eigenvalue weighted by molar-refractivity contribution is -0.109. The van der Waals surface area contributed by atoms with E-state index in [1.54, 1.807) is 0 Å². The maximum atomic E-state index is 10.8. The second kappa shape index (κ2) is 6.42. The van der Waals surface area contributed by atoms with Crippen molar-refractivity contribution >= 4 is 12.3 Å². The Morgan fingerprint density at radius 2 is 2.08 bits per heavy atom. The van der Waals surface area contributed by atoms with Gasteiger partial charge in [0.1, 0.15) is 6.29 Å². The van der Waals surface area contributed by atoms with Gasteiger partial charge < -0.3 is 20.7 Å². The van der Waals surface area contributed by atoms with Gasteiger partial charge in [0, 0.05) is 19.6 Å². The van der Waals surface area contributed by atoms with Crippen molar-refractivity contribution in [2.45, 2.75) is 25.9 Å². The maximum Gasteiger partial charge on any atom is 0.315 e. The molecule has 2 amide bonds. The van der Waals surface area contributed by atoms with Crippen LogP contribution >= 0.6 is 0 Å². The van der Waals surface area contributed by atoms with E-state index in [4.69, 9.17) is 0 Å². The van der Waals surface area contributed by atoms with Gasteiger partial charge in [-0.1, -0.05) is 13.8 Å². The van der Waals surface area contributed by atoms with Crippen molar-refractivity contribution in [3.05, 3.63) is 0 Å². The van der Waals surface area contributed by atoms with Crippen LogP contribution in [0.2, 0.25) is 0 Å². The van der Waals surface area contributed by atoms with Gasteiger partial charge in [-0.15, -0.1) is 0 Å². The Kier molecular flexibility index (Phi) is 5.88. The number of hydrogen-bond donors (Lipinski definition) is 3. The fourth-order valence-corrected chi connectivity index (χ4v) is 0.736. The number of hydrogen-bond acceptors (Lipinski definition) is 3. The van der Waals surface area contributed by atoms with Gasteiger partial charge in [0.2, 0.25) is 0 Å². The second-order valence-electron chi connectivity index (χ2n) is 3.03. The molecule has 0 aliphatic carbocycles. The number of nitrogens with one attached hydrogen (secondary N) is 3. The van der Waals surface area contributed by atoms with Crippen molar-refractivity contribution in [1.29, 1.82) is 0 Å². The summed E-state index contributed by atoms with van der Waals surface area (Å²) in [5, 5.41) is 7.92. The molecule has 0 fully saturated rings. The molecule has 0 aromatic carbocycles. The zero-order valence-corrected chi connectivity index (χ0v) is 8.26. The summed E-state index contributed by atoms with van der Waals surface area (Å²) in [6, 6.07) is -0.515. The van der Waals surface area contributed by atoms with E-state index >= 15 is 0 Å². The van der Waals surface area contributed by atoms with Crippen LogP contribution in [0.3, 0.4) is 0 Å². The maximum absolute atomic E-state index is 10.8. The molecule has 0 saturated carbocycles. The molecule has 0 radical (unpaired) electrons. The summed E-state index contributed by atoms with van der Waals surface area (Å²) in [5.41, 5.74) is 0. The monoisotopic (exact) mass is 187 g/mol. The van der Waals surface area contributed by atoms with E-state index in [9.17, 15) is 9.59 Å². The summed E-state index contributed by atoms with van der Waals surface area (Å²) in [6.45, 7) is 4.40. The molecule has 0 bridgehead atoms. The van der Waals surface area contributed by atoms with Gasteiger partial charge in [-0.2, -0.15) is 0 Å². The molecule has 76 valence electrons. The third-order valence-electron chi connectivity index (χ3n) is 1.45. The molecule has 13 heavy (non-hydrogen) atoms. The number of amides is 2. The van der Waals surface area contributed by atoms with Gasteiger partial charge in [0.15, 0.2) is 0 Å². The van der Waals surface area contributed by atoms with Crippen molar-refractivity contribution in [3.8, 4) is 0 Å². The first-order valence-corrected chi connectivity index (χ1v) is 4.27. The van der Waals surface area contributed by atoms with Crippen molar-refractivity contribution in [2.75, 3.05) is 13.6 Å². The molecule has 0 aromatic heterocycles. The zero-order chi connectivity index (χ0) is 10.3. The van der Waals surface area contributed by atoms with Gasteiger partial charge in [0.25, 0.3) is 0 Å². The molecule has 0 aliphatic rings. The van der Waals surface area contributed by atoms with Crippen molar-refractivity contribution < 1.29 is 9.59 Å². The van der Waals surface area contributed by atoms with Crippen LogP contribution < -0.4 is 16.0 Å². The Bertz CT molecular complexity index is 171. The molecular formula is C8H17N3O2. The molecule has 3 N–H and O–H groups in total. The normalized spacial score (nSPS) is 12.3. The highest BCUT2D eigenvalue weighted by Gasteiger charge is 2.09. The van der Waals surface area contributed by atoms with Crippen molar-refractivity contribution in [2.24, 2.45) is 0 Å². The van der Waals surface area contributed by atoms with Crippen molar-refractivity contribution in [1.82, 2.24) is 16.0 Å². The average molecular weight is 187 g/mol. The minimum atomic E-state index is -0.470. The first-order valence-electron chi connectivity index (χ1n) is 4.27. The molecule has 0 aromatic rings. The third kappa shape index (κ3) is 6.10. The standard InChI is InChI=1S/C8H17N3O2/c1-6(2)10-4-7(5-12)11-8(13)9-3/h5-7,10H,4H2,1-3H3,(H2,9,11,13). The number of carbonyl (C=O) groups excluding carboxylic acids is 2. The predicted octanol–water partition coefficient (Wildman–Crippen LogP) is -0.519. The van der Waals surface area contributed by atoms with E-state index in [0.717, 1.165) is 0 Å². The van der Waals surface area contributed by atoms with E-state index in [1.807, 2.05) is 13.8 Å². The highest BCUT2D eigenvalue weighted by molar-refractivity contribution is 5.77. The number of rotatable bonds is 5. The first-order chi connectivity index (χ1) is 6.10. The van der Waals surface area contributed by atoms with E-state index in [1.165, 1.54) is 7.05 Å². The van der Waals surface area contributed by atoms with E-state index in [-0.39, 0.29) is 6.03 Å². The number of urea groups is 1. The van der Waals surface area contributed by atoms with Crippen LogP contribution in [0.1, 0.15) is 13.8 Å². The topological polar surface area (TPSA) is 70.2 Å². The van der Waals surface area contributed by atoms with Gasteiger partial charge in [-0.25, -0.2) is 4.79 Å². The van der Waals surface area contributed by atoms with Crippen LogP contribution in [0, 0.1) is 0 Å². The lowest BCUT2D eigenvalue weighted by Crippen LogP contribution is -2.47. The summed E-state index contributed by atoms with van der Waals surface area (Å²) >= 11 is 0. The summed E-state index contributed by atoms with van der Waals surface area (Å²) in [5.74, 6) is 0. The van der Waals surface area contributed by atoms with Crippen LogP contribution in [0.4, 0.5) is 4.79 Å². The third-order valence-corrected chi connectivity index (χ3v) is 1.45. The molecular weight excluding hydrogens is 170 g/mol. The van der Waals surface area contributed by atoms with E-state index in [2.05, 4.69) is 16.0 Å². The second-order valence-corrected chi connectivity index (χ2v) is 3.03. The Morgan fingerprint density at radius 3 is 2.46 bits per heavy atom. The number of carbonyl (C=O) groups is 2. The minimum Gasteiger partial charge on any atom is -0.341 e. The molecule has 1 atom stereocenters. The van der Waals surface area contributed by atoms with E-state index < -0.39 is 6.04 Å². The Labute approximate surface area is 78.3 Å². The fourth-order valence-electron chi connectivity index (χ4n) is 0.736. The molecule has 1 unspecified atom stereocenters. The Balaban J connectivity index is 3.76. The number of aldehydes is 1. The minimum absolute atomic E-state index is 0.300. The molecule has 0 rings (SSSR count). The van der Waals surface area contributed by atoms with Gasteiger partial charge in [0.05, 0.1) is 6.04 Å². The Hall–Kier alpha value is -1.10. The summed E-state index contributed by atoms with van der Waals surface area (Å²) in [7, 11) is 1.51. The lowest BCUT2D eigenvalue weighted by atomic mass is 10.3. The van der Waals surface area contributed by atoms with Gasteiger partial charge in [-0.05, 0) is 0 Å². The van der Waals surface area contributed by atoms with Crippen LogP contribution in [-0.4, -0.2) is 38.0 Å². The largest absolute Gasteiger partial charge is 0.341 e. The van der Waals surface area contributed by atoms with Crippen LogP contribution in [-0.2, 0) is 4.79 Å². The van der Waals surface area contributed by atoms with Crippen LogP contribution in [0.15, 0.2) is 0 Å². The summed E-state index contributed by atoms with van der Waals surface area (Å²) < 4.78 is 0. The van der Waals surface area contributed by atoms with E-state index in [0.29, 0.717) is 18.9 Å². The highest BCUT2D eigenvalue weighted by Crippen LogP contribution is 1.80. The molecule has 0 heterocycles. The van der Waals surface area contributed by atoms with Crippen molar-refractivity contribution in [3.63, 3.8) is 0 Å². The Morgan fingerprint density at radius 1 is 1.46 bits per heavy atom. The molecule has 5 nitrogen and oxygen atoms in total. The SMILES string of the molecule is CNC(=O)NC(C=O)CNC(C)C. The van der Waals surface area contributed by atoms with Gasteiger partial charge in [-0.3, -0.25) is 0 Å². The highest BCUT2D eigenvalue weighted by atomic mass is 16.2. The average Bonchev–Trinajstić information content (AvgIpc) is 2.11.